The number of carbonyl (C=O) groups excluding carboxylic acids is 5. The number of Topliss-reactive ketones (excluding diaryl/α,β-unsaturated/α-hetero) is 1. The minimum absolute atomic E-state index is 0.0169. The van der Waals surface area contributed by atoms with E-state index in [2.05, 4.69) is 40.8 Å². The van der Waals surface area contributed by atoms with Crippen LogP contribution in [0.1, 0.15) is 235 Å². The fraction of sp³-hybridized carbons (Fsp3) is 0.909. The number of sulfonamides is 4. The molecule has 0 aromatic carbocycles. The van der Waals surface area contributed by atoms with Crippen molar-refractivity contribution in [1.82, 2.24) is 20.1 Å². The third-order valence-corrected chi connectivity index (χ3v) is 14.7. The molecule has 0 aliphatic heterocycles. The van der Waals surface area contributed by atoms with Gasteiger partial charge in [-0.3, -0.25) is 24.0 Å². The predicted octanol–water partition coefficient (Wildman–Crippen LogP) is 7.28. The van der Waals surface area contributed by atoms with Gasteiger partial charge in [-0.05, 0) is 112 Å². The van der Waals surface area contributed by atoms with Crippen LogP contribution >= 0.6 is 0 Å². The Kier molecular flexibility index (Phi) is 49.0. The van der Waals surface area contributed by atoms with Gasteiger partial charge in [-0.15, -0.1) is 0 Å². The Morgan fingerprint density at radius 2 is 0.687 bits per heavy atom. The number of nitrogens with two attached hydrogens (primary N) is 4. The van der Waals surface area contributed by atoms with Crippen LogP contribution in [0.5, 0.6) is 0 Å². The van der Waals surface area contributed by atoms with Gasteiger partial charge in [-0.1, -0.05) is 125 Å². The first-order chi connectivity index (χ1) is 34.8. The van der Waals surface area contributed by atoms with E-state index in [0.29, 0.717) is 13.0 Å². The average Bonchev–Trinajstić information content (AvgIpc) is 3.03. The summed E-state index contributed by atoms with van der Waals surface area (Å²) in [5.41, 5.74) is 8.97. The summed E-state index contributed by atoms with van der Waals surface area (Å²) in [5.74, 6) is -0.125. The molecule has 0 atom stereocenters. The van der Waals surface area contributed by atoms with E-state index in [-0.39, 0.29) is 78.7 Å². The maximum Gasteiger partial charge on any atom is 0.222 e. The number of sulfone groups is 1. The van der Waals surface area contributed by atoms with Gasteiger partial charge in [0.05, 0.1) is 27.8 Å². The molecule has 4 amide bonds. The molecule has 83 heavy (non-hydrogen) atoms. The van der Waals surface area contributed by atoms with Gasteiger partial charge in [0, 0.05) is 61.5 Å². The summed E-state index contributed by atoms with van der Waals surface area (Å²) in [7, 11) is -15.5. The molecule has 0 bridgehead atoms. The second-order valence-electron chi connectivity index (χ2n) is 30.7. The van der Waals surface area contributed by atoms with Crippen LogP contribution in [0.2, 0.25) is 0 Å². The number of hydrogen-bond acceptors (Lipinski definition) is 15. The van der Waals surface area contributed by atoms with Crippen molar-refractivity contribution < 1.29 is 66.1 Å². The lowest BCUT2D eigenvalue weighted by Gasteiger charge is -2.18. The van der Waals surface area contributed by atoms with Crippen molar-refractivity contribution in [2.24, 2.45) is 54.2 Å². The predicted molar refractivity (Wildman–Crippen MR) is 349 cm³/mol. The topological polar surface area (TPSA) is 408 Å². The Hall–Kier alpha value is -2.86. The summed E-state index contributed by atoms with van der Waals surface area (Å²) < 4.78 is 109. The Labute approximate surface area is 510 Å². The molecule has 0 aromatic rings. The third-order valence-electron chi connectivity index (χ3n) is 7.88. The zero-order chi connectivity index (χ0) is 71.0. The quantitative estimate of drug-likeness (QED) is 0.130. The largest absolute Gasteiger partial charge is 0.370 e. The summed E-state index contributed by atoms with van der Waals surface area (Å²) in [6, 6.07) is 0. The summed E-state index contributed by atoms with van der Waals surface area (Å²) in [5, 5.41) is 15.1. The van der Waals surface area contributed by atoms with Crippen LogP contribution in [0.3, 0.4) is 0 Å². The number of rotatable bonds is 6. The maximum atomic E-state index is 10.7. The molecule has 0 spiro atoms. The number of ketones is 1. The summed E-state index contributed by atoms with van der Waals surface area (Å²) in [4.78, 5) is 51.7. The molecular weight excluding hydrogens is 1170 g/mol. The number of primary amides is 2. The molecule has 0 radical (unpaired) electrons. The SMILES string of the molecule is CC(=O)C(C)(C)C.CC(=O)NC(C)(C)C.CC(=O)NCC(C)(C)C.CC(C)(C)C(N)=O.CC(C)(C)CC(N)=O.CC(C)(C)CNS(C)(=O)=O.CC(C)(C)CS(N)(=O)=O.CC(C)(C)NS(C)(=O)=O.CC(C)(C)S(C)(=O)=O.CC(C)(C)S(N)(=O)=O. The maximum absolute atomic E-state index is 10.7. The van der Waals surface area contributed by atoms with Gasteiger partial charge >= 0.3 is 0 Å². The van der Waals surface area contributed by atoms with Crippen LogP contribution in [0.15, 0.2) is 0 Å². The minimum Gasteiger partial charge on any atom is -0.370 e. The molecule has 23 nitrogen and oxygen atoms in total. The highest BCUT2D eigenvalue weighted by Gasteiger charge is 2.25. The second kappa shape index (κ2) is 39.8. The summed E-state index contributed by atoms with van der Waals surface area (Å²) >= 11 is 0. The monoisotopic (exact) mass is 1300 g/mol. The number of nitrogens with one attached hydrogen (secondary N) is 4. The van der Waals surface area contributed by atoms with E-state index in [9.17, 15) is 66.1 Å². The highest BCUT2D eigenvalue weighted by Crippen LogP contribution is 2.17. The van der Waals surface area contributed by atoms with Crippen molar-refractivity contribution in [1.29, 1.82) is 0 Å². The van der Waals surface area contributed by atoms with E-state index >= 15 is 0 Å². The van der Waals surface area contributed by atoms with Crippen molar-refractivity contribution in [2.75, 3.05) is 37.6 Å². The van der Waals surface area contributed by atoms with Gasteiger partial charge < -0.3 is 22.1 Å². The molecule has 0 heterocycles. The van der Waals surface area contributed by atoms with Crippen molar-refractivity contribution in [3.8, 4) is 0 Å². The molecule has 12 N–H and O–H groups in total. The van der Waals surface area contributed by atoms with Crippen LogP contribution in [-0.2, 0) is 73.9 Å². The number of carbonyl (C=O) groups is 5. The van der Waals surface area contributed by atoms with E-state index in [1.54, 1.807) is 90.0 Å². The van der Waals surface area contributed by atoms with Gasteiger partial charge in [-0.2, -0.15) is 0 Å². The van der Waals surface area contributed by atoms with Crippen molar-refractivity contribution >= 4 is 79.3 Å². The van der Waals surface area contributed by atoms with Gasteiger partial charge in [0.1, 0.15) is 5.78 Å². The highest BCUT2D eigenvalue weighted by molar-refractivity contribution is 7.92. The number of primary sulfonamides is 2. The smallest absolute Gasteiger partial charge is 0.222 e. The number of hydrogen-bond donors (Lipinski definition) is 8. The molecule has 0 aromatic heterocycles. The van der Waals surface area contributed by atoms with E-state index in [4.69, 9.17) is 21.7 Å². The Morgan fingerprint density at radius 1 is 0.410 bits per heavy atom. The molecule has 0 aliphatic carbocycles. The first-order valence-electron chi connectivity index (χ1n) is 26.5. The normalized spacial score (nSPS) is 12.6. The summed E-state index contributed by atoms with van der Waals surface area (Å²) in [6.45, 7) is 61.6. The van der Waals surface area contributed by atoms with Crippen LogP contribution in [0.25, 0.3) is 0 Å². The van der Waals surface area contributed by atoms with Gasteiger partial charge in [0.2, 0.25) is 63.7 Å². The second-order valence-corrected chi connectivity index (χ2v) is 41.0. The van der Waals surface area contributed by atoms with E-state index in [1.807, 2.05) is 104 Å². The molecule has 0 aliphatic rings. The van der Waals surface area contributed by atoms with Gasteiger partial charge in [-0.25, -0.2) is 61.8 Å². The Morgan fingerprint density at radius 3 is 0.711 bits per heavy atom. The molecule has 0 unspecified atom stereocenters. The lowest BCUT2D eigenvalue weighted by atomic mass is 9.92. The standard InChI is InChI=1S/C7H15NO.C6H15NO2S.2C6H13NO.C6H12O.2C5H13NO2S.C5H11NO.C5H12O2S.C4H11NO2S/c1-6(9)8-5-7(2,3)4;1-6(2,3)5-7-10(4,8)9;1-6(2,3)4-5(7)8;1-5(8)7-6(2,3)4;1-5(7)6(2,3)4;1-5(2,3)6-9(4,7)8;1-5(2,3)4-9(6,7)8;1-5(2,3)4(6)7;1-5(2,3)8(4,6)7;1-4(2,3)8(5,6)7/h5H2,1-4H3,(H,8,9);7H,5H2,1-4H3;4H2,1-3H3,(H2,7,8);1-4H3,(H,7,8);1-4H3;6H,1-4H3;4H2,1-3H3,(H2,6,7,8);1-3H3,(H2,6,7);1-4H3;1-3H3,(H2,5,6,7). The Balaban J connectivity index is -0.0000000893. The van der Waals surface area contributed by atoms with Crippen LogP contribution in [-0.4, -0.2) is 130 Å². The molecule has 508 valence electrons. The highest BCUT2D eigenvalue weighted by atomic mass is 32.2. The number of amides is 4. The first-order valence-corrected chi connectivity index (χ1v) is 35.5. The molecule has 0 saturated heterocycles. The van der Waals surface area contributed by atoms with E-state index < -0.39 is 59.4 Å². The van der Waals surface area contributed by atoms with Crippen LogP contribution in [0, 0.1) is 32.5 Å². The molecule has 0 fully saturated rings. The van der Waals surface area contributed by atoms with E-state index in [0.717, 1.165) is 12.8 Å². The van der Waals surface area contributed by atoms with Gasteiger partial charge in [0.15, 0.2) is 9.84 Å². The lowest BCUT2D eigenvalue weighted by molar-refractivity contribution is -0.125. The minimum atomic E-state index is -3.34. The third kappa shape index (κ3) is 122. The molecule has 28 heteroatoms. The van der Waals surface area contributed by atoms with Crippen molar-refractivity contribution in [3.05, 3.63) is 0 Å². The Bertz CT molecular complexity index is 2310. The van der Waals surface area contributed by atoms with Crippen molar-refractivity contribution in [3.63, 3.8) is 0 Å². The van der Waals surface area contributed by atoms with Crippen molar-refractivity contribution in [2.45, 2.75) is 255 Å². The molecular formula is C55H128N8O15S5. The molecule has 0 rings (SSSR count). The molecule has 0 saturated carbocycles. The fourth-order valence-electron chi connectivity index (χ4n) is 2.95. The zero-order valence-corrected chi connectivity index (χ0v) is 62.9. The average molecular weight is 1300 g/mol. The van der Waals surface area contributed by atoms with Gasteiger partial charge in [0.25, 0.3) is 0 Å². The van der Waals surface area contributed by atoms with Crippen LogP contribution in [0.4, 0.5) is 0 Å². The summed E-state index contributed by atoms with van der Waals surface area (Å²) in [6.07, 6.45) is 4.02. The first kappa shape index (κ1) is 102. The zero-order valence-electron chi connectivity index (χ0n) is 58.8. The lowest BCUT2D eigenvalue weighted by Crippen LogP contribution is -2.39. The van der Waals surface area contributed by atoms with Crippen LogP contribution < -0.4 is 41.8 Å². The fourth-order valence-corrected chi connectivity index (χ4v) is 5.96. The van der Waals surface area contributed by atoms with E-state index in [1.165, 1.54) is 26.4 Å².